The maximum atomic E-state index is 13.1. The average molecular weight is 360 g/mol. The minimum atomic E-state index is -0.550. The fourth-order valence-corrected chi connectivity index (χ4v) is 3.96. The Morgan fingerprint density at radius 2 is 2.04 bits per heavy atom. The number of fused-ring (bicyclic) bond motifs is 1. The molecule has 2 aromatic heterocycles. The zero-order valence-electron chi connectivity index (χ0n) is 14.4. The first-order chi connectivity index (χ1) is 12.5. The number of H-pyrrole nitrogens is 1. The van der Waals surface area contributed by atoms with Crippen LogP contribution in [0.4, 0.5) is 0 Å². The normalized spacial score (nSPS) is 23.1. The summed E-state index contributed by atoms with van der Waals surface area (Å²) in [5, 5.41) is 1.67. The van der Waals surface area contributed by atoms with Crippen molar-refractivity contribution in [3.8, 4) is 0 Å². The van der Waals surface area contributed by atoms with E-state index < -0.39 is 23.3 Å². The summed E-state index contributed by atoms with van der Waals surface area (Å²) in [5.41, 5.74) is -0.563. The van der Waals surface area contributed by atoms with Crippen molar-refractivity contribution < 1.29 is 9.59 Å². The second-order valence-electron chi connectivity index (χ2n) is 6.76. The molecule has 0 aliphatic carbocycles. The van der Waals surface area contributed by atoms with Crippen LogP contribution in [0.15, 0.2) is 15.9 Å². The number of imidazole rings is 1. The van der Waals surface area contributed by atoms with Crippen LogP contribution < -0.4 is 16.3 Å². The van der Waals surface area contributed by atoms with Gasteiger partial charge in [0, 0.05) is 20.1 Å². The molecule has 2 atom stereocenters. The van der Waals surface area contributed by atoms with Crippen molar-refractivity contribution in [1.29, 1.82) is 0 Å². The third kappa shape index (κ3) is 2.28. The molecule has 0 bridgehead atoms. The number of nitrogens with one attached hydrogen (secondary N) is 1. The van der Waals surface area contributed by atoms with Gasteiger partial charge in [-0.1, -0.05) is 0 Å². The van der Waals surface area contributed by atoms with Crippen molar-refractivity contribution in [2.45, 2.75) is 37.8 Å². The topological polar surface area (TPSA) is 113 Å². The number of rotatable bonds is 3. The molecule has 2 aromatic rings. The molecule has 4 heterocycles. The molecule has 2 fully saturated rings. The molecule has 4 rings (SSSR count). The molecule has 1 amide bonds. The van der Waals surface area contributed by atoms with Gasteiger partial charge in [0.25, 0.3) is 5.56 Å². The average Bonchev–Trinajstić information content (AvgIpc) is 3.38. The van der Waals surface area contributed by atoms with Crippen molar-refractivity contribution in [1.82, 2.24) is 24.1 Å². The predicted octanol–water partition coefficient (Wildman–Crippen LogP) is -1.29. The van der Waals surface area contributed by atoms with Crippen molar-refractivity contribution in [2.24, 2.45) is 7.05 Å². The van der Waals surface area contributed by atoms with E-state index in [0.717, 1.165) is 23.7 Å². The van der Waals surface area contributed by atoms with E-state index in [0.29, 0.717) is 25.9 Å². The van der Waals surface area contributed by atoms with Gasteiger partial charge in [0.1, 0.15) is 12.3 Å². The molecule has 26 heavy (non-hydrogen) atoms. The van der Waals surface area contributed by atoms with E-state index in [4.69, 9.17) is 0 Å². The Bertz CT molecular complexity index is 989. The SMILES string of the molecule is Cn1c(=O)c2[nH]cnc2n(N2CCCC2C(=O)N2CCCC2C=O)c1=O. The Morgan fingerprint density at radius 1 is 1.27 bits per heavy atom. The Morgan fingerprint density at radius 3 is 2.81 bits per heavy atom. The van der Waals surface area contributed by atoms with Gasteiger partial charge >= 0.3 is 5.69 Å². The Kier molecular flexibility index (Phi) is 3.89. The molecule has 0 aromatic carbocycles. The van der Waals surface area contributed by atoms with Crippen LogP contribution in [0, 0.1) is 0 Å². The van der Waals surface area contributed by atoms with Gasteiger partial charge in [0.2, 0.25) is 5.91 Å². The molecule has 0 radical (unpaired) electrons. The molecule has 138 valence electrons. The molecule has 1 N–H and O–H groups in total. The fraction of sp³-hybridized carbons (Fsp3) is 0.562. The number of aldehydes is 1. The van der Waals surface area contributed by atoms with Gasteiger partial charge in [0.05, 0.1) is 12.4 Å². The third-order valence-corrected chi connectivity index (χ3v) is 5.31. The highest BCUT2D eigenvalue weighted by Gasteiger charge is 2.39. The lowest BCUT2D eigenvalue weighted by Crippen LogP contribution is -2.56. The van der Waals surface area contributed by atoms with Crippen LogP contribution in [0.1, 0.15) is 25.7 Å². The third-order valence-electron chi connectivity index (χ3n) is 5.31. The first-order valence-electron chi connectivity index (χ1n) is 8.72. The van der Waals surface area contributed by atoms with Crippen LogP contribution in [-0.2, 0) is 16.6 Å². The molecule has 0 saturated carbocycles. The molecule has 0 spiro atoms. The fourth-order valence-electron chi connectivity index (χ4n) is 3.96. The van der Waals surface area contributed by atoms with Crippen LogP contribution in [0.3, 0.4) is 0 Å². The van der Waals surface area contributed by atoms with Crippen molar-refractivity contribution >= 4 is 23.4 Å². The minimum Gasteiger partial charge on any atom is -0.339 e. The lowest BCUT2D eigenvalue weighted by molar-refractivity contribution is -0.135. The van der Waals surface area contributed by atoms with Gasteiger partial charge in [-0.25, -0.2) is 9.78 Å². The van der Waals surface area contributed by atoms with Gasteiger partial charge in [-0.15, -0.1) is 0 Å². The summed E-state index contributed by atoms with van der Waals surface area (Å²) in [6.45, 7) is 1.04. The summed E-state index contributed by atoms with van der Waals surface area (Å²) in [6.07, 6.45) is 4.96. The summed E-state index contributed by atoms with van der Waals surface area (Å²) in [6, 6.07) is -0.946. The summed E-state index contributed by atoms with van der Waals surface area (Å²) >= 11 is 0. The van der Waals surface area contributed by atoms with Gasteiger partial charge in [0.15, 0.2) is 11.2 Å². The Labute approximate surface area is 148 Å². The van der Waals surface area contributed by atoms with Crippen LogP contribution in [0.2, 0.25) is 0 Å². The van der Waals surface area contributed by atoms with Crippen LogP contribution in [-0.4, -0.2) is 61.5 Å². The summed E-state index contributed by atoms with van der Waals surface area (Å²) in [5.74, 6) is -0.151. The zero-order chi connectivity index (χ0) is 18.4. The number of nitrogens with zero attached hydrogens (tertiary/aromatic N) is 5. The van der Waals surface area contributed by atoms with E-state index in [-0.39, 0.29) is 17.1 Å². The van der Waals surface area contributed by atoms with E-state index in [2.05, 4.69) is 9.97 Å². The maximum absolute atomic E-state index is 13.1. The van der Waals surface area contributed by atoms with E-state index in [1.807, 2.05) is 0 Å². The molecule has 2 aliphatic heterocycles. The van der Waals surface area contributed by atoms with Crippen molar-refractivity contribution in [2.75, 3.05) is 18.1 Å². The number of carbonyl (C=O) groups is 2. The molecule has 2 aliphatic rings. The van der Waals surface area contributed by atoms with E-state index in [1.54, 1.807) is 9.91 Å². The second-order valence-corrected chi connectivity index (χ2v) is 6.76. The molecular weight excluding hydrogens is 340 g/mol. The lowest BCUT2D eigenvalue weighted by Gasteiger charge is -2.31. The molecular formula is C16H20N6O4. The standard InChI is InChI=1S/C16H20N6O4/c1-19-15(25)12-13(18-9-17-12)22(16(19)26)21-7-3-5-11(21)14(24)20-6-2-4-10(20)8-23/h8-11H,2-7H2,1H3,(H,17,18). The summed E-state index contributed by atoms with van der Waals surface area (Å²) in [7, 11) is 1.40. The maximum Gasteiger partial charge on any atom is 0.351 e. The van der Waals surface area contributed by atoms with E-state index >= 15 is 0 Å². The lowest BCUT2D eigenvalue weighted by atomic mass is 10.2. The highest BCUT2D eigenvalue weighted by atomic mass is 16.2. The number of hydrogen-bond acceptors (Lipinski definition) is 6. The number of hydrogen-bond donors (Lipinski definition) is 1. The Hall–Kier alpha value is -2.91. The highest BCUT2D eigenvalue weighted by molar-refractivity contribution is 5.87. The van der Waals surface area contributed by atoms with E-state index in [9.17, 15) is 19.2 Å². The highest BCUT2D eigenvalue weighted by Crippen LogP contribution is 2.23. The number of amides is 1. The number of aromatic amines is 1. The van der Waals surface area contributed by atoms with Crippen LogP contribution in [0.5, 0.6) is 0 Å². The summed E-state index contributed by atoms with van der Waals surface area (Å²) in [4.78, 5) is 57.8. The molecule has 10 heteroatoms. The largest absolute Gasteiger partial charge is 0.351 e. The number of aromatic nitrogens is 4. The summed E-state index contributed by atoms with van der Waals surface area (Å²) < 4.78 is 2.32. The number of carbonyl (C=O) groups excluding carboxylic acids is 2. The predicted molar refractivity (Wildman–Crippen MR) is 92.5 cm³/mol. The van der Waals surface area contributed by atoms with Crippen LogP contribution in [0.25, 0.3) is 11.2 Å². The van der Waals surface area contributed by atoms with E-state index in [1.165, 1.54) is 18.1 Å². The molecule has 2 unspecified atom stereocenters. The monoisotopic (exact) mass is 360 g/mol. The second kappa shape index (κ2) is 6.11. The van der Waals surface area contributed by atoms with Gasteiger partial charge in [-0.2, -0.15) is 4.68 Å². The first kappa shape index (κ1) is 16.6. The van der Waals surface area contributed by atoms with Crippen molar-refractivity contribution in [3.63, 3.8) is 0 Å². The van der Waals surface area contributed by atoms with Gasteiger partial charge < -0.3 is 14.7 Å². The van der Waals surface area contributed by atoms with Crippen LogP contribution >= 0.6 is 0 Å². The Balaban J connectivity index is 1.78. The number of likely N-dealkylation sites (tertiary alicyclic amines) is 1. The van der Waals surface area contributed by atoms with Gasteiger partial charge in [-0.3, -0.25) is 19.2 Å². The first-order valence-corrected chi connectivity index (χ1v) is 8.72. The minimum absolute atomic E-state index is 0.151. The zero-order valence-corrected chi connectivity index (χ0v) is 14.4. The quantitative estimate of drug-likeness (QED) is 0.682. The molecule has 2 saturated heterocycles. The van der Waals surface area contributed by atoms with Gasteiger partial charge in [-0.05, 0) is 25.7 Å². The van der Waals surface area contributed by atoms with Crippen molar-refractivity contribution in [3.05, 3.63) is 27.2 Å². The smallest absolute Gasteiger partial charge is 0.339 e. The molecule has 10 nitrogen and oxygen atoms in total.